The van der Waals surface area contributed by atoms with E-state index in [4.69, 9.17) is 0 Å². The Labute approximate surface area is 174 Å². The average molecular weight is 428 g/mol. The van der Waals surface area contributed by atoms with Crippen LogP contribution >= 0.6 is 23.1 Å². The van der Waals surface area contributed by atoms with Gasteiger partial charge in [-0.25, -0.2) is 4.98 Å². The summed E-state index contributed by atoms with van der Waals surface area (Å²) in [4.78, 5) is 38.9. The lowest BCUT2D eigenvalue weighted by Gasteiger charge is -2.05. The molecule has 0 aliphatic rings. The van der Waals surface area contributed by atoms with Gasteiger partial charge in [-0.3, -0.25) is 19.7 Å². The lowest BCUT2D eigenvalue weighted by molar-refractivity contribution is -0.384. The molecule has 148 valence electrons. The lowest BCUT2D eigenvalue weighted by atomic mass is 10.1. The highest BCUT2D eigenvalue weighted by Gasteiger charge is 2.12. The molecule has 0 aliphatic heterocycles. The Bertz CT molecular complexity index is 1050. The molecule has 3 aromatic rings. The van der Waals surface area contributed by atoms with Crippen molar-refractivity contribution in [2.75, 3.05) is 16.4 Å². The Hall–Kier alpha value is -3.24. The molecule has 0 unspecified atom stereocenters. The normalized spacial score (nSPS) is 10.4. The predicted octanol–water partition coefficient (Wildman–Crippen LogP) is 4.41. The van der Waals surface area contributed by atoms with Crippen molar-refractivity contribution in [1.29, 1.82) is 0 Å². The second-order valence-corrected chi connectivity index (χ2v) is 7.79. The van der Waals surface area contributed by atoms with Crippen LogP contribution in [-0.4, -0.2) is 27.5 Å². The summed E-state index contributed by atoms with van der Waals surface area (Å²) in [7, 11) is 0. The molecule has 0 saturated carbocycles. The van der Waals surface area contributed by atoms with Gasteiger partial charge in [-0.1, -0.05) is 12.1 Å². The Kier molecular flexibility index (Phi) is 6.57. The van der Waals surface area contributed by atoms with Crippen LogP contribution in [0.3, 0.4) is 0 Å². The van der Waals surface area contributed by atoms with Gasteiger partial charge in [0, 0.05) is 40.6 Å². The molecule has 0 atom stereocenters. The summed E-state index contributed by atoms with van der Waals surface area (Å²) in [5.74, 6) is -0.149. The number of benzene rings is 2. The van der Waals surface area contributed by atoms with Gasteiger partial charge >= 0.3 is 0 Å². The third-order valence-electron chi connectivity index (χ3n) is 3.65. The number of rotatable bonds is 7. The summed E-state index contributed by atoms with van der Waals surface area (Å²) < 4.78 is 0. The topological polar surface area (TPSA) is 114 Å². The van der Waals surface area contributed by atoms with Crippen LogP contribution in [0.2, 0.25) is 0 Å². The molecule has 0 aliphatic carbocycles. The molecule has 0 fully saturated rings. The number of anilines is 2. The molecular weight excluding hydrogens is 412 g/mol. The Balaban J connectivity index is 1.56. The smallest absolute Gasteiger partial charge is 0.270 e. The number of aromatic nitrogens is 1. The molecule has 1 aromatic heterocycles. The van der Waals surface area contributed by atoms with Crippen molar-refractivity contribution < 1.29 is 14.5 Å². The fraction of sp³-hybridized carbons (Fsp3) is 0.105. The minimum atomic E-state index is -0.460. The number of thioether (sulfide) groups is 1. The van der Waals surface area contributed by atoms with Gasteiger partial charge < -0.3 is 10.6 Å². The standard InChI is InChI=1S/C19H16N4O4S2/c1-12(24)20-14-5-7-16(8-6-14)28-11-18(25)22-19-21-17(10-29-19)13-3-2-4-15(9-13)23(26)27/h2-10H,11H2,1H3,(H,20,24)(H,21,22,25). The second-order valence-electron chi connectivity index (χ2n) is 5.89. The van der Waals surface area contributed by atoms with Gasteiger partial charge in [-0.15, -0.1) is 23.1 Å². The van der Waals surface area contributed by atoms with Crippen molar-refractivity contribution in [3.63, 3.8) is 0 Å². The Morgan fingerprint density at radius 3 is 2.62 bits per heavy atom. The van der Waals surface area contributed by atoms with Crippen molar-refractivity contribution >= 4 is 51.4 Å². The van der Waals surface area contributed by atoms with Crippen LogP contribution in [-0.2, 0) is 9.59 Å². The fourth-order valence-electron chi connectivity index (χ4n) is 2.38. The zero-order valence-electron chi connectivity index (χ0n) is 15.2. The predicted molar refractivity (Wildman–Crippen MR) is 114 cm³/mol. The van der Waals surface area contributed by atoms with Crippen LogP contribution in [0.1, 0.15) is 6.92 Å². The number of hydrogen-bond acceptors (Lipinski definition) is 7. The zero-order chi connectivity index (χ0) is 20.8. The molecule has 3 rings (SSSR count). The minimum Gasteiger partial charge on any atom is -0.326 e. The van der Waals surface area contributed by atoms with Crippen LogP contribution in [0, 0.1) is 10.1 Å². The number of nitro benzene ring substituents is 1. The van der Waals surface area contributed by atoms with E-state index in [-0.39, 0.29) is 23.3 Å². The molecule has 8 nitrogen and oxygen atoms in total. The van der Waals surface area contributed by atoms with E-state index in [1.54, 1.807) is 29.6 Å². The van der Waals surface area contributed by atoms with Crippen LogP contribution in [0.4, 0.5) is 16.5 Å². The SMILES string of the molecule is CC(=O)Nc1ccc(SCC(=O)Nc2nc(-c3cccc([N+](=O)[O-])c3)cs2)cc1. The first kappa shape index (κ1) is 20.5. The summed E-state index contributed by atoms with van der Waals surface area (Å²) in [6, 6.07) is 13.4. The summed E-state index contributed by atoms with van der Waals surface area (Å²) in [6.45, 7) is 1.44. The van der Waals surface area contributed by atoms with Gasteiger partial charge in [-0.05, 0) is 24.3 Å². The molecule has 1 heterocycles. The zero-order valence-corrected chi connectivity index (χ0v) is 16.9. The molecule has 10 heteroatoms. The van der Waals surface area contributed by atoms with Gasteiger partial charge in [0.15, 0.2) is 5.13 Å². The third-order valence-corrected chi connectivity index (χ3v) is 5.42. The Morgan fingerprint density at radius 1 is 1.17 bits per heavy atom. The van der Waals surface area contributed by atoms with E-state index in [1.165, 1.54) is 42.2 Å². The van der Waals surface area contributed by atoms with E-state index >= 15 is 0 Å². The maximum atomic E-state index is 12.2. The molecule has 0 bridgehead atoms. The van der Waals surface area contributed by atoms with E-state index < -0.39 is 4.92 Å². The van der Waals surface area contributed by atoms with Crippen molar-refractivity contribution in [3.8, 4) is 11.3 Å². The second kappa shape index (κ2) is 9.30. The molecule has 0 saturated heterocycles. The third kappa shape index (κ3) is 5.87. The fourth-order valence-corrected chi connectivity index (χ4v) is 3.82. The van der Waals surface area contributed by atoms with Crippen LogP contribution in [0.25, 0.3) is 11.3 Å². The first-order chi connectivity index (χ1) is 13.9. The highest BCUT2D eigenvalue weighted by atomic mass is 32.2. The summed E-state index contributed by atoms with van der Waals surface area (Å²) in [5.41, 5.74) is 1.87. The molecule has 2 N–H and O–H groups in total. The first-order valence-corrected chi connectivity index (χ1v) is 10.3. The highest BCUT2D eigenvalue weighted by Crippen LogP contribution is 2.28. The number of amides is 2. The largest absolute Gasteiger partial charge is 0.326 e. The molecule has 0 spiro atoms. The molecule has 2 amide bonds. The summed E-state index contributed by atoms with van der Waals surface area (Å²) in [6.07, 6.45) is 0. The van der Waals surface area contributed by atoms with Gasteiger partial charge in [0.1, 0.15) is 0 Å². The van der Waals surface area contributed by atoms with Gasteiger partial charge in [0.2, 0.25) is 11.8 Å². The van der Waals surface area contributed by atoms with Crippen LogP contribution in [0.5, 0.6) is 0 Å². The van der Waals surface area contributed by atoms with Gasteiger partial charge in [0.25, 0.3) is 5.69 Å². The number of carbonyl (C=O) groups excluding carboxylic acids is 2. The van der Waals surface area contributed by atoms with Crippen LogP contribution < -0.4 is 10.6 Å². The van der Waals surface area contributed by atoms with E-state index in [9.17, 15) is 19.7 Å². The average Bonchev–Trinajstić information content (AvgIpc) is 3.15. The number of nitrogens with one attached hydrogen (secondary N) is 2. The number of non-ortho nitro benzene ring substituents is 1. The van der Waals surface area contributed by atoms with Crippen molar-refractivity contribution in [1.82, 2.24) is 4.98 Å². The summed E-state index contributed by atoms with van der Waals surface area (Å²) >= 11 is 2.61. The maximum Gasteiger partial charge on any atom is 0.270 e. The number of thiazole rings is 1. The monoisotopic (exact) mass is 428 g/mol. The molecule has 0 radical (unpaired) electrons. The maximum absolute atomic E-state index is 12.2. The van der Waals surface area contributed by atoms with Crippen LogP contribution in [0.15, 0.2) is 58.8 Å². The van der Waals surface area contributed by atoms with E-state index in [1.807, 2.05) is 12.1 Å². The number of nitro groups is 1. The van der Waals surface area contributed by atoms with E-state index in [2.05, 4.69) is 15.6 Å². The molecule has 29 heavy (non-hydrogen) atoms. The quantitative estimate of drug-likeness (QED) is 0.327. The first-order valence-electron chi connectivity index (χ1n) is 8.41. The van der Waals surface area contributed by atoms with Crippen molar-refractivity contribution in [3.05, 3.63) is 64.0 Å². The van der Waals surface area contributed by atoms with E-state index in [0.29, 0.717) is 22.1 Å². The number of carbonyl (C=O) groups is 2. The van der Waals surface area contributed by atoms with Gasteiger partial charge in [0.05, 0.1) is 16.4 Å². The number of hydrogen-bond donors (Lipinski definition) is 2. The Morgan fingerprint density at radius 2 is 1.93 bits per heavy atom. The lowest BCUT2D eigenvalue weighted by Crippen LogP contribution is -2.13. The molecular formula is C19H16N4O4S2. The minimum absolute atomic E-state index is 0.0120. The van der Waals surface area contributed by atoms with Gasteiger partial charge in [-0.2, -0.15) is 0 Å². The molecule has 2 aromatic carbocycles. The summed E-state index contributed by atoms with van der Waals surface area (Å²) in [5, 5.41) is 18.5. The van der Waals surface area contributed by atoms with Crippen molar-refractivity contribution in [2.45, 2.75) is 11.8 Å². The van der Waals surface area contributed by atoms with Crippen molar-refractivity contribution in [2.24, 2.45) is 0 Å². The van der Waals surface area contributed by atoms with E-state index in [0.717, 1.165) is 4.90 Å². The highest BCUT2D eigenvalue weighted by molar-refractivity contribution is 8.00. The number of nitrogens with zero attached hydrogens (tertiary/aromatic N) is 2.